The fraction of sp³-hybridized carbons (Fsp3) is 0.938. The number of carbonyl (C=O) groups excluding carboxylic acids is 1. The van der Waals surface area contributed by atoms with Crippen molar-refractivity contribution in [2.45, 2.75) is 38.1 Å². The second-order valence-corrected chi connectivity index (χ2v) is 7.03. The average molecular weight is 296 g/mol. The predicted octanol–water partition coefficient (Wildman–Crippen LogP) is 0.504. The molecule has 5 nitrogen and oxygen atoms in total. The van der Waals surface area contributed by atoms with Gasteiger partial charge in [0, 0.05) is 38.6 Å². The molecule has 2 fully saturated rings. The zero-order chi connectivity index (χ0) is 15.2. The van der Waals surface area contributed by atoms with Crippen molar-refractivity contribution in [2.75, 3.05) is 46.8 Å². The first kappa shape index (κ1) is 16.7. The van der Waals surface area contributed by atoms with Crippen LogP contribution in [0.25, 0.3) is 0 Å². The molecule has 1 heterocycles. The molecule has 21 heavy (non-hydrogen) atoms. The van der Waals surface area contributed by atoms with Crippen LogP contribution in [0.15, 0.2) is 0 Å². The number of likely N-dealkylation sites (N-methyl/N-ethyl adjacent to an activating group) is 2. The van der Waals surface area contributed by atoms with E-state index in [-0.39, 0.29) is 5.91 Å². The van der Waals surface area contributed by atoms with Crippen LogP contribution in [0.1, 0.15) is 32.1 Å². The molecule has 1 aliphatic heterocycles. The lowest BCUT2D eigenvalue weighted by atomic mass is 9.80. The number of piperazine rings is 1. The number of carbonyl (C=O) groups is 1. The number of amides is 1. The summed E-state index contributed by atoms with van der Waals surface area (Å²) in [6, 6.07) is 0.445. The van der Waals surface area contributed by atoms with E-state index in [1.165, 1.54) is 25.7 Å². The number of hydrogen-bond acceptors (Lipinski definition) is 4. The molecule has 0 radical (unpaired) electrons. The first-order valence-corrected chi connectivity index (χ1v) is 8.44. The van der Waals surface area contributed by atoms with Crippen molar-refractivity contribution in [3.8, 4) is 0 Å². The molecular weight excluding hydrogens is 264 g/mol. The summed E-state index contributed by atoms with van der Waals surface area (Å²) in [5.41, 5.74) is 5.72. The van der Waals surface area contributed by atoms with E-state index in [0.717, 1.165) is 32.7 Å². The maximum Gasteiger partial charge on any atom is 0.220 e. The minimum atomic E-state index is 0.229. The number of nitrogens with two attached hydrogens (primary N) is 1. The molecule has 3 N–H and O–H groups in total. The molecule has 0 aromatic rings. The van der Waals surface area contributed by atoms with Gasteiger partial charge in [0.2, 0.25) is 5.91 Å². The van der Waals surface area contributed by atoms with E-state index in [0.29, 0.717) is 24.3 Å². The molecule has 1 atom stereocenters. The molecule has 0 aromatic heterocycles. The summed E-state index contributed by atoms with van der Waals surface area (Å²) in [7, 11) is 4.30. The number of nitrogens with one attached hydrogen (secondary N) is 1. The standard InChI is InChI=1S/C16H32N4O/c1-19-7-8-20(2)15(12-19)11-18-16(21)9-13-3-5-14(10-17)6-4-13/h13-15H,3-12,17H2,1-2H3,(H,18,21). The lowest BCUT2D eigenvalue weighted by molar-refractivity contribution is -0.122. The SMILES string of the molecule is CN1CCN(C)C(CNC(=O)CC2CCC(CN)CC2)C1. The quantitative estimate of drug-likeness (QED) is 0.776. The second kappa shape index (κ2) is 8.11. The van der Waals surface area contributed by atoms with Gasteiger partial charge in [0.25, 0.3) is 0 Å². The molecule has 5 heteroatoms. The van der Waals surface area contributed by atoms with Crippen molar-refractivity contribution in [1.82, 2.24) is 15.1 Å². The van der Waals surface area contributed by atoms with Crippen LogP contribution in [-0.2, 0) is 4.79 Å². The van der Waals surface area contributed by atoms with Gasteiger partial charge in [-0.3, -0.25) is 9.69 Å². The number of rotatable bonds is 5. The minimum absolute atomic E-state index is 0.229. The van der Waals surface area contributed by atoms with E-state index in [1.54, 1.807) is 0 Å². The maximum absolute atomic E-state index is 12.1. The third-order valence-corrected chi connectivity index (χ3v) is 5.29. The predicted molar refractivity (Wildman–Crippen MR) is 86.0 cm³/mol. The van der Waals surface area contributed by atoms with E-state index >= 15 is 0 Å². The van der Waals surface area contributed by atoms with Crippen LogP contribution in [0.5, 0.6) is 0 Å². The van der Waals surface area contributed by atoms with E-state index in [2.05, 4.69) is 29.2 Å². The Balaban J connectivity index is 1.65. The molecule has 1 aliphatic carbocycles. The summed E-state index contributed by atoms with van der Waals surface area (Å²) >= 11 is 0. The van der Waals surface area contributed by atoms with Crippen LogP contribution >= 0.6 is 0 Å². The highest BCUT2D eigenvalue weighted by atomic mass is 16.1. The Hall–Kier alpha value is -0.650. The summed E-state index contributed by atoms with van der Waals surface area (Å²) in [5.74, 6) is 1.49. The molecule has 2 rings (SSSR count). The van der Waals surface area contributed by atoms with Gasteiger partial charge in [0.15, 0.2) is 0 Å². The van der Waals surface area contributed by atoms with E-state index in [1.807, 2.05) is 0 Å². The van der Waals surface area contributed by atoms with Crippen molar-refractivity contribution in [3.05, 3.63) is 0 Å². The fourth-order valence-electron chi connectivity index (χ4n) is 3.56. The zero-order valence-corrected chi connectivity index (χ0v) is 13.7. The zero-order valence-electron chi connectivity index (χ0n) is 13.7. The average Bonchev–Trinajstić information content (AvgIpc) is 2.49. The Morgan fingerprint density at radius 3 is 2.48 bits per heavy atom. The molecular formula is C16H32N4O. The molecule has 1 unspecified atom stereocenters. The second-order valence-electron chi connectivity index (χ2n) is 7.03. The van der Waals surface area contributed by atoms with Crippen LogP contribution in [-0.4, -0.2) is 68.6 Å². The molecule has 1 saturated heterocycles. The third kappa shape index (κ3) is 5.24. The maximum atomic E-state index is 12.1. The van der Waals surface area contributed by atoms with E-state index in [4.69, 9.17) is 5.73 Å². The van der Waals surface area contributed by atoms with Crippen molar-refractivity contribution < 1.29 is 4.79 Å². The van der Waals surface area contributed by atoms with Crippen LogP contribution in [0.2, 0.25) is 0 Å². The molecule has 0 aromatic carbocycles. The van der Waals surface area contributed by atoms with Gasteiger partial charge in [-0.15, -0.1) is 0 Å². The van der Waals surface area contributed by atoms with Gasteiger partial charge in [-0.25, -0.2) is 0 Å². The van der Waals surface area contributed by atoms with Crippen molar-refractivity contribution in [2.24, 2.45) is 17.6 Å². The van der Waals surface area contributed by atoms with Crippen LogP contribution < -0.4 is 11.1 Å². The first-order valence-electron chi connectivity index (χ1n) is 8.44. The summed E-state index contributed by atoms with van der Waals surface area (Å²) in [6.45, 7) is 4.82. The molecule has 1 amide bonds. The van der Waals surface area contributed by atoms with Gasteiger partial charge in [0.1, 0.15) is 0 Å². The first-order chi connectivity index (χ1) is 10.1. The molecule has 0 bridgehead atoms. The summed E-state index contributed by atoms with van der Waals surface area (Å²) < 4.78 is 0. The summed E-state index contributed by atoms with van der Waals surface area (Å²) in [6.07, 6.45) is 5.43. The number of nitrogens with zero attached hydrogens (tertiary/aromatic N) is 2. The lowest BCUT2D eigenvalue weighted by Gasteiger charge is -2.37. The van der Waals surface area contributed by atoms with Crippen LogP contribution in [0, 0.1) is 11.8 Å². The molecule has 0 spiro atoms. The van der Waals surface area contributed by atoms with Crippen LogP contribution in [0.3, 0.4) is 0 Å². The Bertz CT molecular complexity index is 328. The largest absolute Gasteiger partial charge is 0.354 e. The topological polar surface area (TPSA) is 61.6 Å². The summed E-state index contributed by atoms with van der Waals surface area (Å²) in [4.78, 5) is 16.8. The van der Waals surface area contributed by atoms with Gasteiger partial charge in [-0.1, -0.05) is 0 Å². The molecule has 2 aliphatic rings. The van der Waals surface area contributed by atoms with Crippen molar-refractivity contribution in [3.63, 3.8) is 0 Å². The highest BCUT2D eigenvalue weighted by Gasteiger charge is 2.24. The van der Waals surface area contributed by atoms with Gasteiger partial charge in [-0.05, 0) is 58.2 Å². The lowest BCUT2D eigenvalue weighted by Crippen LogP contribution is -2.54. The Labute approximate surface area is 129 Å². The highest BCUT2D eigenvalue weighted by molar-refractivity contribution is 5.76. The van der Waals surface area contributed by atoms with Crippen molar-refractivity contribution in [1.29, 1.82) is 0 Å². The highest BCUT2D eigenvalue weighted by Crippen LogP contribution is 2.30. The Morgan fingerprint density at radius 1 is 1.14 bits per heavy atom. The third-order valence-electron chi connectivity index (χ3n) is 5.29. The molecule has 1 saturated carbocycles. The minimum Gasteiger partial charge on any atom is -0.354 e. The monoisotopic (exact) mass is 296 g/mol. The summed E-state index contributed by atoms with van der Waals surface area (Å²) in [5, 5.41) is 3.14. The van der Waals surface area contributed by atoms with Crippen molar-refractivity contribution >= 4 is 5.91 Å². The number of hydrogen-bond donors (Lipinski definition) is 2. The van der Waals surface area contributed by atoms with Gasteiger partial charge < -0.3 is 16.0 Å². The smallest absolute Gasteiger partial charge is 0.220 e. The van der Waals surface area contributed by atoms with E-state index < -0.39 is 0 Å². The Morgan fingerprint density at radius 2 is 1.81 bits per heavy atom. The van der Waals surface area contributed by atoms with Gasteiger partial charge >= 0.3 is 0 Å². The van der Waals surface area contributed by atoms with Crippen LogP contribution in [0.4, 0.5) is 0 Å². The normalized spacial score (nSPS) is 32.0. The van der Waals surface area contributed by atoms with E-state index in [9.17, 15) is 4.79 Å². The Kier molecular flexibility index (Phi) is 6.45. The fourth-order valence-corrected chi connectivity index (χ4v) is 3.56. The molecule has 122 valence electrons. The van der Waals surface area contributed by atoms with Gasteiger partial charge in [0.05, 0.1) is 0 Å². The van der Waals surface area contributed by atoms with Gasteiger partial charge in [-0.2, -0.15) is 0 Å².